The molecule has 0 atom stereocenters. The van der Waals surface area contributed by atoms with Crippen LogP contribution in [-0.4, -0.2) is 24.2 Å². The van der Waals surface area contributed by atoms with Crippen LogP contribution >= 0.6 is 11.6 Å². The lowest BCUT2D eigenvalue weighted by Gasteiger charge is -2.11. The smallest absolute Gasteiger partial charge is 0.170 e. The maximum absolute atomic E-state index is 5.84. The number of ether oxygens (including phenoxy) is 2. The number of rotatable bonds is 3. The summed E-state index contributed by atoms with van der Waals surface area (Å²) in [6, 6.07) is 7.26. The Hall–Kier alpha value is -1.81. The first-order valence-electron chi connectivity index (χ1n) is 4.95. The first-order valence-corrected chi connectivity index (χ1v) is 5.33. The summed E-state index contributed by atoms with van der Waals surface area (Å²) in [5.74, 6) is 1.28. The van der Waals surface area contributed by atoms with Crippen molar-refractivity contribution in [2.45, 2.75) is 0 Å². The zero-order valence-electron chi connectivity index (χ0n) is 9.48. The Labute approximate surface area is 104 Å². The van der Waals surface area contributed by atoms with Crippen LogP contribution in [0.4, 0.5) is 0 Å². The number of para-hydroxylation sites is 1. The van der Waals surface area contributed by atoms with Gasteiger partial charge in [0, 0.05) is 11.6 Å². The summed E-state index contributed by atoms with van der Waals surface area (Å²) in [4.78, 5) is 8.01. The van der Waals surface area contributed by atoms with Gasteiger partial charge in [-0.25, -0.2) is 9.97 Å². The molecule has 0 unspecified atom stereocenters. The summed E-state index contributed by atoms with van der Waals surface area (Å²) in [6.07, 6.45) is 1.41. The van der Waals surface area contributed by atoms with E-state index in [4.69, 9.17) is 21.1 Å². The van der Waals surface area contributed by atoms with Gasteiger partial charge in [0.1, 0.15) is 11.5 Å². The number of hydrogen-bond donors (Lipinski definition) is 0. The van der Waals surface area contributed by atoms with Crippen molar-refractivity contribution in [3.63, 3.8) is 0 Å². The molecule has 0 spiro atoms. The van der Waals surface area contributed by atoms with Crippen molar-refractivity contribution in [2.75, 3.05) is 14.2 Å². The zero-order chi connectivity index (χ0) is 12.3. The molecule has 1 heterocycles. The van der Waals surface area contributed by atoms with Crippen LogP contribution in [0.5, 0.6) is 11.5 Å². The van der Waals surface area contributed by atoms with Crippen LogP contribution in [0.25, 0.3) is 11.3 Å². The van der Waals surface area contributed by atoms with Gasteiger partial charge >= 0.3 is 0 Å². The predicted molar refractivity (Wildman–Crippen MR) is 65.6 cm³/mol. The third-order valence-corrected chi connectivity index (χ3v) is 2.52. The second-order valence-corrected chi connectivity index (χ2v) is 3.65. The van der Waals surface area contributed by atoms with Crippen LogP contribution in [0, 0.1) is 0 Å². The molecule has 1 aromatic heterocycles. The Morgan fingerprint density at radius 1 is 1.12 bits per heavy atom. The third kappa shape index (κ3) is 2.31. The molecule has 0 saturated carbocycles. The quantitative estimate of drug-likeness (QED) is 0.786. The number of benzene rings is 1. The number of methoxy groups -OCH3 is 2. The van der Waals surface area contributed by atoms with E-state index in [0.717, 1.165) is 5.56 Å². The summed E-state index contributed by atoms with van der Waals surface area (Å²) < 4.78 is 10.6. The van der Waals surface area contributed by atoms with Gasteiger partial charge in [-0.2, -0.15) is 0 Å². The molecule has 0 radical (unpaired) electrons. The van der Waals surface area contributed by atoms with Crippen molar-refractivity contribution >= 4 is 11.6 Å². The van der Waals surface area contributed by atoms with Crippen molar-refractivity contribution in [3.05, 3.63) is 35.7 Å². The minimum absolute atomic E-state index is 0.389. The van der Waals surface area contributed by atoms with E-state index in [-0.39, 0.29) is 0 Å². The molecular formula is C12H11ClN2O2. The summed E-state index contributed by atoms with van der Waals surface area (Å²) in [5, 5.41) is 0.389. The first kappa shape index (κ1) is 11.7. The van der Waals surface area contributed by atoms with E-state index >= 15 is 0 Å². The zero-order valence-corrected chi connectivity index (χ0v) is 10.2. The fraction of sp³-hybridized carbons (Fsp3) is 0.167. The van der Waals surface area contributed by atoms with Crippen LogP contribution in [0.15, 0.2) is 30.6 Å². The van der Waals surface area contributed by atoms with Gasteiger partial charge in [-0.1, -0.05) is 17.7 Å². The topological polar surface area (TPSA) is 44.2 Å². The van der Waals surface area contributed by atoms with Gasteiger partial charge in [0.2, 0.25) is 0 Å². The van der Waals surface area contributed by atoms with Gasteiger partial charge in [-0.15, -0.1) is 0 Å². The maximum Gasteiger partial charge on any atom is 0.170 e. The Morgan fingerprint density at radius 3 is 2.59 bits per heavy atom. The number of halogens is 1. The van der Waals surface area contributed by atoms with Gasteiger partial charge in [-0.3, -0.25) is 0 Å². The minimum atomic E-state index is 0.389. The SMILES string of the molecule is COc1cccc(-c2cc(Cl)ncn2)c1OC. The van der Waals surface area contributed by atoms with E-state index in [9.17, 15) is 0 Å². The molecule has 4 nitrogen and oxygen atoms in total. The molecule has 0 aliphatic heterocycles. The second kappa shape index (κ2) is 5.01. The largest absolute Gasteiger partial charge is 0.493 e. The average molecular weight is 251 g/mol. The van der Waals surface area contributed by atoms with E-state index in [1.54, 1.807) is 20.3 Å². The normalized spacial score (nSPS) is 10.1. The van der Waals surface area contributed by atoms with Gasteiger partial charge in [-0.05, 0) is 12.1 Å². The molecule has 0 aliphatic rings. The Morgan fingerprint density at radius 2 is 1.94 bits per heavy atom. The van der Waals surface area contributed by atoms with Gasteiger partial charge < -0.3 is 9.47 Å². The summed E-state index contributed by atoms with van der Waals surface area (Å²) in [6.45, 7) is 0. The van der Waals surface area contributed by atoms with E-state index in [1.165, 1.54) is 6.33 Å². The van der Waals surface area contributed by atoms with E-state index < -0.39 is 0 Å². The van der Waals surface area contributed by atoms with Crippen molar-refractivity contribution < 1.29 is 9.47 Å². The lowest BCUT2D eigenvalue weighted by molar-refractivity contribution is 0.356. The standard InChI is InChI=1S/C12H11ClN2O2/c1-16-10-5-3-4-8(12(10)17-2)9-6-11(13)15-7-14-9/h3-7H,1-2H3. The Balaban J connectivity index is 2.59. The Bertz CT molecular complexity index is 532. The fourth-order valence-electron chi connectivity index (χ4n) is 1.57. The van der Waals surface area contributed by atoms with E-state index in [0.29, 0.717) is 22.3 Å². The minimum Gasteiger partial charge on any atom is -0.493 e. The molecule has 0 fully saturated rings. The highest BCUT2D eigenvalue weighted by molar-refractivity contribution is 6.29. The van der Waals surface area contributed by atoms with Gasteiger partial charge in [0.05, 0.1) is 19.9 Å². The van der Waals surface area contributed by atoms with Gasteiger partial charge in [0.25, 0.3) is 0 Å². The molecule has 0 amide bonds. The lowest BCUT2D eigenvalue weighted by Crippen LogP contribution is -1.94. The molecule has 0 bridgehead atoms. The molecule has 0 N–H and O–H groups in total. The van der Waals surface area contributed by atoms with E-state index in [1.807, 2.05) is 18.2 Å². The summed E-state index contributed by atoms with van der Waals surface area (Å²) in [7, 11) is 3.18. The molecule has 2 aromatic rings. The Kier molecular flexibility index (Phi) is 3.44. The van der Waals surface area contributed by atoms with Crippen LogP contribution in [-0.2, 0) is 0 Å². The van der Waals surface area contributed by atoms with Gasteiger partial charge in [0.15, 0.2) is 11.5 Å². The van der Waals surface area contributed by atoms with Crippen LogP contribution in [0.3, 0.4) is 0 Å². The molecule has 0 aliphatic carbocycles. The molecule has 1 aromatic carbocycles. The van der Waals surface area contributed by atoms with E-state index in [2.05, 4.69) is 9.97 Å². The number of hydrogen-bond acceptors (Lipinski definition) is 4. The third-order valence-electron chi connectivity index (χ3n) is 2.31. The molecule has 88 valence electrons. The molecule has 2 rings (SSSR count). The fourth-order valence-corrected chi connectivity index (χ4v) is 1.72. The average Bonchev–Trinajstić information content (AvgIpc) is 2.37. The summed E-state index contributed by atoms with van der Waals surface area (Å²) in [5.41, 5.74) is 1.51. The highest BCUT2D eigenvalue weighted by Gasteiger charge is 2.12. The predicted octanol–water partition coefficient (Wildman–Crippen LogP) is 2.81. The second-order valence-electron chi connectivity index (χ2n) is 3.27. The molecule has 0 saturated heterocycles. The van der Waals surface area contributed by atoms with Crippen molar-refractivity contribution in [2.24, 2.45) is 0 Å². The van der Waals surface area contributed by atoms with Crippen molar-refractivity contribution in [3.8, 4) is 22.8 Å². The molecular weight excluding hydrogens is 240 g/mol. The number of aromatic nitrogens is 2. The van der Waals surface area contributed by atoms with Crippen molar-refractivity contribution in [1.82, 2.24) is 9.97 Å². The monoisotopic (exact) mass is 250 g/mol. The highest BCUT2D eigenvalue weighted by atomic mass is 35.5. The number of nitrogens with zero attached hydrogens (tertiary/aromatic N) is 2. The highest BCUT2D eigenvalue weighted by Crippen LogP contribution is 2.37. The van der Waals surface area contributed by atoms with Crippen LogP contribution < -0.4 is 9.47 Å². The van der Waals surface area contributed by atoms with Crippen LogP contribution in [0.2, 0.25) is 5.15 Å². The molecule has 17 heavy (non-hydrogen) atoms. The van der Waals surface area contributed by atoms with Crippen molar-refractivity contribution in [1.29, 1.82) is 0 Å². The summed E-state index contributed by atoms with van der Waals surface area (Å²) >= 11 is 5.84. The maximum atomic E-state index is 5.84. The van der Waals surface area contributed by atoms with Crippen LogP contribution in [0.1, 0.15) is 0 Å². The lowest BCUT2D eigenvalue weighted by atomic mass is 10.1. The molecule has 5 heteroatoms. The first-order chi connectivity index (χ1) is 8.26.